The molecular weight excluding hydrogens is 713 g/mol. The molecule has 2 aromatic heterocycles. The summed E-state index contributed by atoms with van der Waals surface area (Å²) in [5.74, 6) is -1.95. The number of hydrogen-bond donors (Lipinski definition) is 7. The Hall–Kier alpha value is -5.00. The molecule has 0 saturated carbocycles. The quantitative estimate of drug-likeness (QED) is 0.0279. The number of amides is 2. The summed E-state index contributed by atoms with van der Waals surface area (Å²) in [5, 5.41) is 24.2. The van der Waals surface area contributed by atoms with Gasteiger partial charge in [-0.25, -0.2) is 14.3 Å². The van der Waals surface area contributed by atoms with E-state index in [9.17, 15) is 27.9 Å². The number of oxime groups is 1. The lowest BCUT2D eigenvalue weighted by Gasteiger charge is -2.50. The van der Waals surface area contributed by atoms with Crippen LogP contribution in [0.5, 0.6) is 5.75 Å². The maximum Gasteiger partial charge on any atom is 0.418 e. The smallest absolute Gasteiger partial charge is 0.418 e. The lowest BCUT2D eigenvalue weighted by Crippen LogP contribution is -2.76. The number of β-lactam (4-membered cyclic amide) rings is 1. The van der Waals surface area contributed by atoms with Crippen LogP contribution in [0.2, 0.25) is 0 Å². The molecule has 2 aliphatic rings. The van der Waals surface area contributed by atoms with Crippen LogP contribution >= 0.6 is 11.3 Å². The highest BCUT2D eigenvalue weighted by Crippen LogP contribution is 2.33. The number of aliphatic carboxylic acids is 1. The molecule has 0 spiro atoms. The van der Waals surface area contributed by atoms with Crippen molar-refractivity contribution in [2.45, 2.75) is 38.1 Å². The standard InChI is InChI=1S/C29H36N10O10S2/c1-29(2)23(25(41)39(29)49-51(44,45)46)36-24(40)22(20-15-50-27(31)35-20)37-48-21(26(42)43)14-47-19-5-3-17(4-6-19)18-11-34-28(33-8-7-30)38(13-18)12-16-9-32-10-16/h3-6,11,13,15-16,21,23,32H,7-10,12,14,30H2,1-2H3,(H5,31,35,36,40,42,43,44,45,46)/p+1/b37-22-/t21?,23-/m1/s1. The van der Waals surface area contributed by atoms with Crippen LogP contribution in [0.1, 0.15) is 19.5 Å². The number of nitrogen functional groups attached to an aromatic ring is 1. The van der Waals surface area contributed by atoms with Crippen LogP contribution in [-0.4, -0.2) is 107 Å². The molecule has 20 nitrogen and oxygen atoms in total. The molecule has 3 aromatic rings. The Labute approximate surface area is 295 Å². The highest BCUT2D eigenvalue weighted by molar-refractivity contribution is 7.80. The number of hydroxylamine groups is 2. The molecule has 2 atom stereocenters. The van der Waals surface area contributed by atoms with Gasteiger partial charge in [0.2, 0.25) is 0 Å². The second kappa shape index (κ2) is 15.5. The van der Waals surface area contributed by atoms with E-state index in [0.717, 1.165) is 48.0 Å². The van der Waals surface area contributed by atoms with Crippen molar-refractivity contribution in [1.82, 2.24) is 25.7 Å². The largest absolute Gasteiger partial charge is 0.489 e. The zero-order valence-electron chi connectivity index (χ0n) is 27.4. The van der Waals surface area contributed by atoms with Crippen LogP contribution in [0.15, 0.2) is 47.2 Å². The summed E-state index contributed by atoms with van der Waals surface area (Å²) < 4.78 is 43.3. The Kier molecular flexibility index (Phi) is 11.3. The van der Waals surface area contributed by atoms with Gasteiger partial charge in [0.25, 0.3) is 17.9 Å². The molecular formula is C29H37N10O10S2+. The summed E-state index contributed by atoms with van der Waals surface area (Å²) in [6, 6.07) is 5.57. The number of nitrogens with two attached hydrogens (primary N) is 2. The first-order valence-corrected chi connectivity index (χ1v) is 17.7. The van der Waals surface area contributed by atoms with E-state index in [1.165, 1.54) is 19.2 Å². The maximum absolute atomic E-state index is 13.3. The SMILES string of the molecule is CC1(C)[C@H](NC(=O)/C(=N\OC(COc2ccc(-c3cnc(NCCN)[n+](CC4CNC4)c3)cc2)C(=O)O)c2csc(N)n2)C(=O)N1OS(=O)(=O)O. The summed E-state index contributed by atoms with van der Waals surface area (Å²) in [5.41, 5.74) is 11.0. The third-order valence-electron chi connectivity index (χ3n) is 7.88. The van der Waals surface area contributed by atoms with Crippen molar-refractivity contribution >= 4 is 56.3 Å². The molecule has 5 rings (SSSR count). The number of carboxylic acid groups (broad SMARTS) is 1. The number of thiazole rings is 1. The lowest BCUT2D eigenvalue weighted by molar-refractivity contribution is -0.692. The van der Waals surface area contributed by atoms with Gasteiger partial charge >= 0.3 is 22.3 Å². The van der Waals surface area contributed by atoms with Gasteiger partial charge < -0.3 is 36.8 Å². The monoisotopic (exact) mass is 749 g/mol. The van der Waals surface area contributed by atoms with Crippen LogP contribution in [0.4, 0.5) is 11.1 Å². The van der Waals surface area contributed by atoms with Crippen LogP contribution in [0, 0.1) is 5.92 Å². The number of hydrogen-bond acceptors (Lipinski definition) is 16. The van der Waals surface area contributed by atoms with E-state index in [-0.39, 0.29) is 10.8 Å². The number of carbonyl (C=O) groups excluding carboxylic acids is 2. The first kappa shape index (κ1) is 37.3. The number of nitrogens with one attached hydrogen (secondary N) is 3. The van der Waals surface area contributed by atoms with Gasteiger partial charge in [-0.05, 0) is 31.5 Å². The zero-order chi connectivity index (χ0) is 36.9. The van der Waals surface area contributed by atoms with Crippen LogP contribution < -0.4 is 36.7 Å². The van der Waals surface area contributed by atoms with E-state index in [1.807, 2.05) is 6.20 Å². The first-order chi connectivity index (χ1) is 24.2. The Balaban J connectivity index is 1.25. The topological polar surface area (TPSA) is 287 Å². The highest BCUT2D eigenvalue weighted by atomic mass is 32.3. The number of carboxylic acids is 1. The van der Waals surface area contributed by atoms with E-state index < -0.39 is 58.2 Å². The third kappa shape index (κ3) is 9.03. The minimum atomic E-state index is -5.02. The van der Waals surface area contributed by atoms with Crippen molar-refractivity contribution in [2.24, 2.45) is 16.8 Å². The minimum Gasteiger partial charge on any atom is -0.489 e. The van der Waals surface area contributed by atoms with Gasteiger partial charge in [0, 0.05) is 36.5 Å². The zero-order valence-corrected chi connectivity index (χ0v) is 29.0. The summed E-state index contributed by atoms with van der Waals surface area (Å²) in [4.78, 5) is 51.7. The van der Waals surface area contributed by atoms with Crippen LogP contribution in [0.3, 0.4) is 0 Å². The molecule has 2 fully saturated rings. The van der Waals surface area contributed by atoms with Crippen molar-refractivity contribution in [3.8, 4) is 16.9 Å². The number of nitrogens with zero attached hydrogens (tertiary/aromatic N) is 5. The van der Waals surface area contributed by atoms with Crippen molar-refractivity contribution in [1.29, 1.82) is 0 Å². The van der Waals surface area contributed by atoms with Gasteiger partial charge in [0.1, 0.15) is 30.3 Å². The molecule has 2 aliphatic heterocycles. The lowest BCUT2D eigenvalue weighted by atomic mass is 9.84. The van der Waals surface area contributed by atoms with E-state index in [0.29, 0.717) is 29.8 Å². The van der Waals surface area contributed by atoms with Gasteiger partial charge in [0.05, 0.1) is 24.8 Å². The molecule has 51 heavy (non-hydrogen) atoms. The Bertz CT molecular complexity index is 1900. The molecule has 4 heterocycles. The molecule has 9 N–H and O–H groups in total. The molecule has 1 unspecified atom stereocenters. The first-order valence-electron chi connectivity index (χ1n) is 15.4. The Morgan fingerprint density at radius 2 is 1.98 bits per heavy atom. The van der Waals surface area contributed by atoms with Crippen LogP contribution in [0.25, 0.3) is 11.1 Å². The number of aromatic nitrogens is 3. The number of benzene rings is 1. The fourth-order valence-corrected chi connectivity index (χ4v) is 6.04. The fourth-order valence-electron chi connectivity index (χ4n) is 5.04. The second-order valence-corrected chi connectivity index (χ2v) is 13.9. The molecule has 274 valence electrons. The molecule has 22 heteroatoms. The van der Waals surface area contributed by atoms with E-state index >= 15 is 0 Å². The number of carbonyl (C=O) groups is 3. The van der Waals surface area contributed by atoms with Crippen LogP contribution in [-0.2, 0) is 40.4 Å². The fraction of sp³-hybridized carbons (Fsp3) is 0.414. The third-order valence-corrected chi connectivity index (χ3v) is 8.89. The Morgan fingerprint density at radius 1 is 1.25 bits per heavy atom. The average molecular weight is 750 g/mol. The molecule has 2 amide bonds. The molecule has 1 aromatic carbocycles. The van der Waals surface area contributed by atoms with Gasteiger partial charge in [-0.15, -0.1) is 15.6 Å². The van der Waals surface area contributed by atoms with E-state index in [1.54, 1.807) is 30.5 Å². The van der Waals surface area contributed by atoms with Crippen molar-refractivity contribution in [3.05, 3.63) is 47.7 Å². The van der Waals surface area contributed by atoms with Crippen molar-refractivity contribution in [2.75, 3.05) is 43.8 Å². The number of ether oxygens (including phenoxy) is 1. The van der Waals surface area contributed by atoms with E-state index in [4.69, 9.17) is 25.6 Å². The molecule has 0 radical (unpaired) electrons. The molecule has 0 aliphatic carbocycles. The van der Waals surface area contributed by atoms with Crippen molar-refractivity contribution in [3.63, 3.8) is 0 Å². The summed E-state index contributed by atoms with van der Waals surface area (Å²) >= 11 is 0.958. The van der Waals surface area contributed by atoms with Crippen molar-refractivity contribution < 1.29 is 50.9 Å². The summed E-state index contributed by atoms with van der Waals surface area (Å²) in [6.45, 7) is 5.89. The maximum atomic E-state index is 13.3. The van der Waals surface area contributed by atoms with Gasteiger partial charge in [-0.2, -0.15) is 13.5 Å². The Morgan fingerprint density at radius 3 is 2.55 bits per heavy atom. The predicted octanol–water partition coefficient (Wildman–Crippen LogP) is -1.24. The number of anilines is 2. The molecule has 0 bridgehead atoms. The predicted molar refractivity (Wildman–Crippen MR) is 180 cm³/mol. The van der Waals surface area contributed by atoms with Gasteiger partial charge in [-0.3, -0.25) is 19.5 Å². The minimum absolute atomic E-state index is 0.0558. The van der Waals surface area contributed by atoms with Gasteiger partial charge in [0.15, 0.2) is 10.8 Å². The summed E-state index contributed by atoms with van der Waals surface area (Å²) in [6.07, 6.45) is 2.05. The summed E-state index contributed by atoms with van der Waals surface area (Å²) in [7, 11) is -5.02. The molecule has 2 saturated heterocycles. The highest BCUT2D eigenvalue weighted by Gasteiger charge is 2.58. The van der Waals surface area contributed by atoms with E-state index in [2.05, 4.69) is 39.9 Å². The average Bonchev–Trinajstić information content (AvgIpc) is 3.49. The van der Waals surface area contributed by atoms with Gasteiger partial charge in [-0.1, -0.05) is 22.3 Å². The second-order valence-electron chi connectivity index (χ2n) is 12.0. The normalized spacial score (nSPS) is 18.0. The number of rotatable bonds is 17.